The molecular weight excluding hydrogens is 282 g/mol. The molecule has 0 atom stereocenters. The third kappa shape index (κ3) is 2.89. The summed E-state index contributed by atoms with van der Waals surface area (Å²) in [6, 6.07) is 15.3. The number of pyridine rings is 1. The van der Waals surface area contributed by atoms with E-state index in [0.717, 1.165) is 22.3 Å². The summed E-state index contributed by atoms with van der Waals surface area (Å²) in [6.07, 6.45) is 1.86. The number of benzene rings is 1. The molecule has 0 N–H and O–H groups in total. The first-order valence-corrected chi connectivity index (χ1v) is 10.7. The molecule has 0 aliphatic rings. The Morgan fingerprint density at radius 3 is 1.68 bits per heavy atom. The molecule has 0 saturated heterocycles. The molecule has 1 aromatic heterocycles. The SMILES string of the molecule is CC(C)[Si](c1ccc(-c2ccccn2)cc1)(C(C)C)C(C)C. The molecule has 1 nitrogen and oxygen atoms in total. The zero-order chi connectivity index (χ0) is 16.3. The third-order valence-electron chi connectivity index (χ3n) is 5.21. The molecule has 0 unspecified atom stereocenters. The fourth-order valence-electron chi connectivity index (χ4n) is 4.46. The van der Waals surface area contributed by atoms with Crippen molar-refractivity contribution in [2.45, 2.75) is 58.2 Å². The zero-order valence-electron chi connectivity index (χ0n) is 14.8. The number of rotatable bonds is 5. The Bertz CT molecular complexity index is 563. The third-order valence-corrected chi connectivity index (χ3v) is 12.3. The van der Waals surface area contributed by atoms with Gasteiger partial charge < -0.3 is 0 Å². The normalized spacial score (nSPS) is 12.4. The van der Waals surface area contributed by atoms with Gasteiger partial charge in [0.25, 0.3) is 0 Å². The van der Waals surface area contributed by atoms with Gasteiger partial charge in [-0.3, -0.25) is 4.98 Å². The lowest BCUT2D eigenvalue weighted by atomic mass is 10.1. The highest BCUT2D eigenvalue weighted by atomic mass is 28.3. The van der Waals surface area contributed by atoms with Crippen molar-refractivity contribution in [2.75, 3.05) is 0 Å². The van der Waals surface area contributed by atoms with Crippen molar-refractivity contribution in [2.24, 2.45) is 0 Å². The highest BCUT2D eigenvalue weighted by Crippen LogP contribution is 2.41. The first-order valence-electron chi connectivity index (χ1n) is 8.42. The van der Waals surface area contributed by atoms with E-state index < -0.39 is 8.07 Å². The van der Waals surface area contributed by atoms with E-state index in [1.165, 1.54) is 5.56 Å². The standard InChI is InChI=1S/C20H29NSi/c1-15(2)22(16(3)4,17(5)6)19-12-10-18(11-13-19)20-9-7-8-14-21-20/h7-17H,1-6H3. The molecule has 1 aromatic carbocycles. The number of hydrogen-bond acceptors (Lipinski definition) is 1. The van der Waals surface area contributed by atoms with Crippen LogP contribution in [0.5, 0.6) is 0 Å². The van der Waals surface area contributed by atoms with Crippen LogP contribution in [0, 0.1) is 0 Å². The molecule has 22 heavy (non-hydrogen) atoms. The van der Waals surface area contributed by atoms with Gasteiger partial charge in [0, 0.05) is 11.8 Å². The van der Waals surface area contributed by atoms with Crippen molar-refractivity contribution in [3.05, 3.63) is 48.7 Å². The van der Waals surface area contributed by atoms with E-state index in [-0.39, 0.29) is 0 Å². The lowest BCUT2D eigenvalue weighted by Crippen LogP contribution is -2.55. The minimum atomic E-state index is -1.55. The van der Waals surface area contributed by atoms with Crippen LogP contribution in [0.3, 0.4) is 0 Å². The minimum absolute atomic E-state index is 0.744. The van der Waals surface area contributed by atoms with Crippen molar-refractivity contribution in [3.63, 3.8) is 0 Å². The second kappa shape index (κ2) is 6.78. The average molecular weight is 312 g/mol. The van der Waals surface area contributed by atoms with E-state index in [0.29, 0.717) is 0 Å². The molecule has 1 heterocycles. The highest BCUT2D eigenvalue weighted by Gasteiger charge is 2.44. The Kier molecular flexibility index (Phi) is 5.22. The van der Waals surface area contributed by atoms with Crippen LogP contribution >= 0.6 is 0 Å². The summed E-state index contributed by atoms with van der Waals surface area (Å²) in [5.41, 5.74) is 4.50. The van der Waals surface area contributed by atoms with Gasteiger partial charge in [-0.15, -0.1) is 0 Å². The van der Waals surface area contributed by atoms with Crippen LogP contribution < -0.4 is 5.19 Å². The maximum absolute atomic E-state index is 4.46. The van der Waals surface area contributed by atoms with Gasteiger partial charge in [-0.1, -0.05) is 77.1 Å². The minimum Gasteiger partial charge on any atom is -0.256 e. The number of hydrogen-bond donors (Lipinski definition) is 0. The Labute approximate surface area is 136 Å². The second-order valence-electron chi connectivity index (χ2n) is 7.19. The van der Waals surface area contributed by atoms with Gasteiger partial charge in [-0.2, -0.15) is 0 Å². The number of nitrogens with zero attached hydrogens (tertiary/aromatic N) is 1. The first-order chi connectivity index (χ1) is 10.4. The Morgan fingerprint density at radius 1 is 0.727 bits per heavy atom. The molecule has 0 aliphatic carbocycles. The molecule has 0 spiro atoms. The van der Waals surface area contributed by atoms with Crippen LogP contribution in [0.15, 0.2) is 48.7 Å². The topological polar surface area (TPSA) is 12.9 Å². The van der Waals surface area contributed by atoms with E-state index in [1.807, 2.05) is 18.3 Å². The van der Waals surface area contributed by atoms with Gasteiger partial charge in [0.1, 0.15) is 0 Å². The van der Waals surface area contributed by atoms with Crippen molar-refractivity contribution >= 4 is 13.3 Å². The van der Waals surface area contributed by atoms with Crippen LogP contribution in [0.1, 0.15) is 41.5 Å². The Morgan fingerprint density at radius 2 is 1.27 bits per heavy atom. The summed E-state index contributed by atoms with van der Waals surface area (Å²) in [5, 5.41) is 1.59. The zero-order valence-corrected chi connectivity index (χ0v) is 15.8. The molecule has 0 radical (unpaired) electrons. The van der Waals surface area contributed by atoms with E-state index in [1.54, 1.807) is 5.19 Å². The first kappa shape index (κ1) is 16.9. The summed E-state index contributed by atoms with van der Waals surface area (Å²) in [6.45, 7) is 14.5. The van der Waals surface area contributed by atoms with E-state index in [4.69, 9.17) is 0 Å². The molecule has 0 saturated carbocycles. The predicted molar refractivity (Wildman–Crippen MR) is 100 cm³/mol. The summed E-state index contributed by atoms with van der Waals surface area (Å²) < 4.78 is 0. The van der Waals surface area contributed by atoms with Crippen molar-refractivity contribution in [1.82, 2.24) is 4.98 Å². The van der Waals surface area contributed by atoms with Crippen molar-refractivity contribution in [1.29, 1.82) is 0 Å². The van der Waals surface area contributed by atoms with Crippen LogP contribution in [0.4, 0.5) is 0 Å². The summed E-state index contributed by atoms with van der Waals surface area (Å²) in [5.74, 6) is 0. The molecule has 0 fully saturated rings. The maximum atomic E-state index is 4.46. The highest BCUT2D eigenvalue weighted by molar-refractivity contribution is 6.95. The van der Waals surface area contributed by atoms with Crippen LogP contribution in [-0.2, 0) is 0 Å². The quantitative estimate of drug-likeness (QED) is 0.652. The van der Waals surface area contributed by atoms with Gasteiger partial charge in [0.2, 0.25) is 0 Å². The predicted octanol–water partition coefficient (Wildman–Crippen LogP) is 5.63. The van der Waals surface area contributed by atoms with Gasteiger partial charge >= 0.3 is 0 Å². The van der Waals surface area contributed by atoms with Gasteiger partial charge in [0.05, 0.1) is 13.8 Å². The monoisotopic (exact) mass is 311 g/mol. The second-order valence-corrected chi connectivity index (χ2v) is 13.1. The lowest BCUT2D eigenvalue weighted by Gasteiger charge is -2.43. The van der Waals surface area contributed by atoms with E-state index in [2.05, 4.69) is 76.9 Å². The van der Waals surface area contributed by atoms with Gasteiger partial charge in [-0.05, 0) is 28.8 Å². The van der Waals surface area contributed by atoms with Crippen LogP contribution in [0.25, 0.3) is 11.3 Å². The van der Waals surface area contributed by atoms with Gasteiger partial charge in [-0.25, -0.2) is 0 Å². The van der Waals surface area contributed by atoms with Crippen LogP contribution in [-0.4, -0.2) is 13.1 Å². The largest absolute Gasteiger partial charge is 0.256 e. The average Bonchev–Trinajstić information content (AvgIpc) is 2.48. The molecule has 2 aromatic rings. The number of aromatic nitrogens is 1. The Hall–Kier alpha value is -1.41. The van der Waals surface area contributed by atoms with Crippen LogP contribution in [0.2, 0.25) is 16.6 Å². The molecule has 118 valence electrons. The lowest BCUT2D eigenvalue weighted by molar-refractivity contribution is 0.835. The maximum Gasteiger partial charge on any atom is 0.0942 e. The molecule has 2 heteroatoms. The summed E-state index contributed by atoms with van der Waals surface area (Å²) in [7, 11) is -1.55. The fraction of sp³-hybridized carbons (Fsp3) is 0.450. The molecule has 0 bridgehead atoms. The van der Waals surface area contributed by atoms with Crippen molar-refractivity contribution < 1.29 is 0 Å². The van der Waals surface area contributed by atoms with Crippen molar-refractivity contribution in [3.8, 4) is 11.3 Å². The van der Waals surface area contributed by atoms with Gasteiger partial charge in [0.15, 0.2) is 0 Å². The van der Waals surface area contributed by atoms with E-state index >= 15 is 0 Å². The molecule has 2 rings (SSSR count). The molecule has 0 aliphatic heterocycles. The molecular formula is C20H29NSi. The summed E-state index contributed by atoms with van der Waals surface area (Å²) >= 11 is 0. The fourth-order valence-corrected chi connectivity index (χ4v) is 11.2. The summed E-state index contributed by atoms with van der Waals surface area (Å²) in [4.78, 5) is 4.46. The van der Waals surface area contributed by atoms with E-state index in [9.17, 15) is 0 Å². The molecule has 0 amide bonds. The Balaban J connectivity index is 2.47. The smallest absolute Gasteiger partial charge is 0.0942 e.